The van der Waals surface area contributed by atoms with Gasteiger partial charge in [-0.05, 0) is 30.3 Å². The fourth-order valence-corrected chi connectivity index (χ4v) is 1.35. The van der Waals surface area contributed by atoms with Crippen LogP contribution in [0.3, 0.4) is 0 Å². The van der Waals surface area contributed by atoms with Crippen LogP contribution in [0.25, 0.3) is 5.69 Å². The summed E-state index contributed by atoms with van der Waals surface area (Å²) in [4.78, 5) is 0. The second-order valence-corrected chi connectivity index (χ2v) is 2.98. The number of nitriles is 1. The molecule has 3 nitrogen and oxygen atoms in total. The molecule has 68 valence electrons. The maximum Gasteiger partial charge on any atom is 0.0992 e. The average Bonchev–Trinajstić information content (AvgIpc) is 2.70. The third kappa shape index (κ3) is 1.34. The van der Waals surface area contributed by atoms with Crippen molar-refractivity contribution in [2.45, 2.75) is 0 Å². The predicted octanol–water partition coefficient (Wildman–Crippen LogP) is 1.93. The number of nitrogen functional groups attached to an aromatic ring is 1. The van der Waals surface area contributed by atoms with Gasteiger partial charge < -0.3 is 10.3 Å². The monoisotopic (exact) mass is 183 g/mol. The maximum absolute atomic E-state index is 8.67. The van der Waals surface area contributed by atoms with Gasteiger partial charge in [-0.15, -0.1) is 0 Å². The van der Waals surface area contributed by atoms with Crippen molar-refractivity contribution in [3.63, 3.8) is 0 Å². The van der Waals surface area contributed by atoms with Crippen molar-refractivity contribution in [2.24, 2.45) is 0 Å². The van der Waals surface area contributed by atoms with Gasteiger partial charge in [-0.3, -0.25) is 0 Å². The molecule has 0 unspecified atom stereocenters. The lowest BCUT2D eigenvalue weighted by molar-refractivity contribution is 1.08. The van der Waals surface area contributed by atoms with Gasteiger partial charge in [0, 0.05) is 12.4 Å². The molecule has 0 spiro atoms. The van der Waals surface area contributed by atoms with Gasteiger partial charge in [-0.1, -0.05) is 0 Å². The number of rotatable bonds is 1. The summed E-state index contributed by atoms with van der Waals surface area (Å²) in [6.07, 6.45) is 3.83. The quantitative estimate of drug-likeness (QED) is 0.687. The van der Waals surface area contributed by atoms with E-state index in [1.54, 1.807) is 12.1 Å². The largest absolute Gasteiger partial charge is 0.397 e. The van der Waals surface area contributed by atoms with Crippen molar-refractivity contribution >= 4 is 5.69 Å². The smallest absolute Gasteiger partial charge is 0.0992 e. The zero-order valence-electron chi connectivity index (χ0n) is 7.51. The molecule has 0 saturated carbocycles. The number of nitrogens with two attached hydrogens (primary N) is 1. The molecule has 0 aliphatic rings. The molecule has 0 aliphatic carbocycles. The second-order valence-electron chi connectivity index (χ2n) is 2.98. The summed E-state index contributed by atoms with van der Waals surface area (Å²) in [5.74, 6) is 0. The standard InChI is InChI=1S/C11H9N3/c12-8-9-3-4-11(10(13)7-9)14-5-1-2-6-14/h1-7H,13H2. The van der Waals surface area contributed by atoms with E-state index in [0.717, 1.165) is 5.69 Å². The molecule has 0 atom stereocenters. The van der Waals surface area contributed by atoms with Gasteiger partial charge in [0.1, 0.15) is 0 Å². The fourth-order valence-electron chi connectivity index (χ4n) is 1.35. The summed E-state index contributed by atoms with van der Waals surface area (Å²) in [7, 11) is 0. The molecule has 14 heavy (non-hydrogen) atoms. The van der Waals surface area contributed by atoms with Gasteiger partial charge in [0.2, 0.25) is 0 Å². The fraction of sp³-hybridized carbons (Fsp3) is 0. The summed E-state index contributed by atoms with van der Waals surface area (Å²) in [5, 5.41) is 8.67. The molecule has 2 N–H and O–H groups in total. The van der Waals surface area contributed by atoms with Crippen LogP contribution in [0.5, 0.6) is 0 Å². The number of nitrogens with zero attached hydrogens (tertiary/aromatic N) is 2. The molecule has 0 fully saturated rings. The molecule has 2 rings (SSSR count). The molecule has 3 heteroatoms. The molecular formula is C11H9N3. The minimum absolute atomic E-state index is 0.582. The lowest BCUT2D eigenvalue weighted by Gasteiger charge is -2.06. The molecule has 0 bridgehead atoms. The zero-order chi connectivity index (χ0) is 9.97. The molecule has 1 heterocycles. The van der Waals surface area contributed by atoms with Crippen molar-refractivity contribution in [1.29, 1.82) is 5.26 Å². The summed E-state index contributed by atoms with van der Waals surface area (Å²) in [6.45, 7) is 0. The van der Waals surface area contributed by atoms with E-state index >= 15 is 0 Å². The Balaban J connectivity index is 2.52. The molecule has 0 amide bonds. The highest BCUT2D eigenvalue weighted by molar-refractivity contribution is 5.61. The number of hydrogen-bond acceptors (Lipinski definition) is 2. The van der Waals surface area contributed by atoms with Crippen LogP contribution in [0.15, 0.2) is 42.7 Å². The minimum Gasteiger partial charge on any atom is -0.397 e. The van der Waals surface area contributed by atoms with Crippen LogP contribution < -0.4 is 5.73 Å². The third-order valence-corrected chi connectivity index (χ3v) is 2.04. The van der Waals surface area contributed by atoms with Crippen LogP contribution >= 0.6 is 0 Å². The Morgan fingerprint density at radius 2 is 1.93 bits per heavy atom. The first-order valence-electron chi connectivity index (χ1n) is 4.24. The van der Waals surface area contributed by atoms with Crippen LogP contribution in [-0.2, 0) is 0 Å². The number of aromatic nitrogens is 1. The average molecular weight is 183 g/mol. The molecular weight excluding hydrogens is 174 g/mol. The summed E-state index contributed by atoms with van der Waals surface area (Å²) in [6, 6.07) is 11.2. The molecule has 2 aromatic rings. The van der Waals surface area contributed by atoms with Gasteiger partial charge in [-0.25, -0.2) is 0 Å². The first kappa shape index (κ1) is 8.39. The van der Waals surface area contributed by atoms with Gasteiger partial charge >= 0.3 is 0 Å². The predicted molar refractivity (Wildman–Crippen MR) is 54.9 cm³/mol. The van der Waals surface area contributed by atoms with Gasteiger partial charge in [-0.2, -0.15) is 5.26 Å². The minimum atomic E-state index is 0.582. The highest BCUT2D eigenvalue weighted by Gasteiger charge is 2.01. The van der Waals surface area contributed by atoms with E-state index in [1.165, 1.54) is 0 Å². The van der Waals surface area contributed by atoms with Crippen molar-refractivity contribution in [1.82, 2.24) is 4.57 Å². The first-order chi connectivity index (χ1) is 6.81. The summed E-state index contributed by atoms with van der Waals surface area (Å²) >= 11 is 0. The van der Waals surface area contributed by atoms with E-state index in [4.69, 9.17) is 11.0 Å². The summed E-state index contributed by atoms with van der Waals surface area (Å²) in [5.41, 5.74) is 7.91. The van der Waals surface area contributed by atoms with E-state index < -0.39 is 0 Å². The van der Waals surface area contributed by atoms with Crippen molar-refractivity contribution in [3.05, 3.63) is 48.3 Å². The Hall–Kier alpha value is -2.21. The van der Waals surface area contributed by atoms with Crippen LogP contribution in [-0.4, -0.2) is 4.57 Å². The van der Waals surface area contributed by atoms with Crippen molar-refractivity contribution in [2.75, 3.05) is 5.73 Å². The topological polar surface area (TPSA) is 54.7 Å². The van der Waals surface area contributed by atoms with Crippen LogP contribution in [0.4, 0.5) is 5.69 Å². The van der Waals surface area contributed by atoms with Gasteiger partial charge in [0.15, 0.2) is 0 Å². The van der Waals surface area contributed by atoms with E-state index in [1.807, 2.05) is 35.2 Å². The third-order valence-electron chi connectivity index (χ3n) is 2.04. The van der Waals surface area contributed by atoms with Crippen LogP contribution in [0.2, 0.25) is 0 Å². The van der Waals surface area contributed by atoms with E-state index in [0.29, 0.717) is 11.3 Å². The van der Waals surface area contributed by atoms with E-state index in [-0.39, 0.29) is 0 Å². The maximum atomic E-state index is 8.67. The van der Waals surface area contributed by atoms with E-state index in [2.05, 4.69) is 6.07 Å². The molecule has 0 radical (unpaired) electrons. The lowest BCUT2D eigenvalue weighted by Crippen LogP contribution is -1.97. The molecule has 1 aromatic heterocycles. The zero-order valence-corrected chi connectivity index (χ0v) is 7.51. The number of hydrogen-bond donors (Lipinski definition) is 1. The van der Waals surface area contributed by atoms with Crippen LogP contribution in [0, 0.1) is 11.3 Å². The van der Waals surface area contributed by atoms with E-state index in [9.17, 15) is 0 Å². The highest BCUT2D eigenvalue weighted by Crippen LogP contribution is 2.18. The molecule has 1 aromatic carbocycles. The highest BCUT2D eigenvalue weighted by atomic mass is 15.0. The lowest BCUT2D eigenvalue weighted by atomic mass is 10.2. The van der Waals surface area contributed by atoms with Gasteiger partial charge in [0.05, 0.1) is 23.0 Å². The number of benzene rings is 1. The SMILES string of the molecule is N#Cc1ccc(-n2cccc2)c(N)c1. The Morgan fingerprint density at radius 3 is 2.50 bits per heavy atom. The summed E-state index contributed by atoms with van der Waals surface area (Å²) < 4.78 is 1.91. The first-order valence-corrected chi connectivity index (χ1v) is 4.24. The number of anilines is 1. The Kier molecular flexibility index (Phi) is 1.96. The Labute approximate surface area is 82.0 Å². The second kappa shape index (κ2) is 3.27. The molecule has 0 aliphatic heterocycles. The van der Waals surface area contributed by atoms with Gasteiger partial charge in [0.25, 0.3) is 0 Å². The van der Waals surface area contributed by atoms with Crippen LogP contribution in [0.1, 0.15) is 5.56 Å². The normalized spacial score (nSPS) is 9.64. The Bertz CT molecular complexity index is 478. The van der Waals surface area contributed by atoms with Crippen molar-refractivity contribution < 1.29 is 0 Å². The molecule has 0 saturated heterocycles. The Morgan fingerprint density at radius 1 is 1.21 bits per heavy atom. The van der Waals surface area contributed by atoms with Crippen molar-refractivity contribution in [3.8, 4) is 11.8 Å².